The van der Waals surface area contributed by atoms with Gasteiger partial charge in [0.15, 0.2) is 0 Å². The van der Waals surface area contributed by atoms with Crippen LogP contribution >= 0.6 is 0 Å². The van der Waals surface area contributed by atoms with Crippen LogP contribution in [0.25, 0.3) is 0 Å². The van der Waals surface area contributed by atoms with E-state index in [0.29, 0.717) is 18.8 Å². The van der Waals surface area contributed by atoms with Crippen molar-refractivity contribution in [3.05, 3.63) is 0 Å². The Morgan fingerprint density at radius 3 is 2.50 bits per heavy atom. The summed E-state index contributed by atoms with van der Waals surface area (Å²) in [6.07, 6.45) is 2.55. The molecule has 0 bridgehead atoms. The zero-order valence-electron chi connectivity index (χ0n) is 9.64. The minimum Gasteiger partial charge on any atom is -0.381 e. The fourth-order valence-corrected chi connectivity index (χ4v) is 1.09. The van der Waals surface area contributed by atoms with Gasteiger partial charge in [0.05, 0.1) is 0 Å². The highest BCUT2D eigenvalue weighted by molar-refractivity contribution is 5.80. The van der Waals surface area contributed by atoms with Crippen molar-refractivity contribution in [3.8, 4) is 0 Å². The summed E-state index contributed by atoms with van der Waals surface area (Å²) in [5, 5.41) is 3.06. The second kappa shape index (κ2) is 9.16. The number of hydrogen-bond donors (Lipinski definition) is 1. The van der Waals surface area contributed by atoms with Crippen molar-refractivity contribution >= 4 is 5.78 Å². The Hall–Kier alpha value is -0.410. The average Bonchev–Trinajstić information content (AvgIpc) is 2.16. The largest absolute Gasteiger partial charge is 0.381 e. The van der Waals surface area contributed by atoms with Gasteiger partial charge in [0.2, 0.25) is 0 Å². The first kappa shape index (κ1) is 13.6. The monoisotopic (exact) mass is 201 g/mol. The molecule has 0 spiro atoms. The van der Waals surface area contributed by atoms with Gasteiger partial charge >= 0.3 is 0 Å². The van der Waals surface area contributed by atoms with Gasteiger partial charge in [-0.05, 0) is 26.4 Å². The predicted octanol–water partition coefficient (Wildman–Crippen LogP) is 1.62. The Morgan fingerprint density at radius 2 is 1.93 bits per heavy atom. The molecule has 0 amide bonds. The molecular weight excluding hydrogens is 178 g/mol. The Balaban J connectivity index is 3.10. The molecule has 3 heteroatoms. The van der Waals surface area contributed by atoms with Crippen LogP contribution in [0.3, 0.4) is 0 Å². The van der Waals surface area contributed by atoms with Gasteiger partial charge in [0.1, 0.15) is 5.78 Å². The van der Waals surface area contributed by atoms with Gasteiger partial charge in [-0.1, -0.05) is 13.8 Å². The standard InChI is InChI=1S/C11H23NO2/c1-10(2)11(13)6-4-8-14-9-5-7-12-3/h10,12H,4-9H2,1-3H3. The Labute approximate surface area is 87.2 Å². The zero-order valence-corrected chi connectivity index (χ0v) is 9.64. The van der Waals surface area contributed by atoms with Gasteiger partial charge in [0, 0.05) is 25.6 Å². The Kier molecular flexibility index (Phi) is 8.89. The van der Waals surface area contributed by atoms with Crippen LogP contribution < -0.4 is 5.32 Å². The van der Waals surface area contributed by atoms with E-state index in [9.17, 15) is 4.79 Å². The fourth-order valence-electron chi connectivity index (χ4n) is 1.09. The van der Waals surface area contributed by atoms with Crippen LogP contribution in [0.1, 0.15) is 33.1 Å². The van der Waals surface area contributed by atoms with Crippen molar-refractivity contribution < 1.29 is 9.53 Å². The molecule has 3 nitrogen and oxygen atoms in total. The lowest BCUT2D eigenvalue weighted by atomic mass is 10.1. The van der Waals surface area contributed by atoms with Crippen LogP contribution in [-0.4, -0.2) is 32.6 Å². The molecule has 84 valence electrons. The average molecular weight is 201 g/mol. The number of nitrogens with one attached hydrogen (secondary N) is 1. The molecule has 14 heavy (non-hydrogen) atoms. The number of hydrogen-bond acceptors (Lipinski definition) is 3. The number of ether oxygens (including phenoxy) is 1. The molecule has 0 unspecified atom stereocenters. The summed E-state index contributed by atoms with van der Waals surface area (Å²) < 4.78 is 5.37. The summed E-state index contributed by atoms with van der Waals surface area (Å²) in [7, 11) is 1.93. The number of rotatable bonds is 9. The third kappa shape index (κ3) is 8.20. The first-order valence-electron chi connectivity index (χ1n) is 5.43. The number of carbonyl (C=O) groups is 1. The van der Waals surface area contributed by atoms with Crippen LogP contribution in [0.15, 0.2) is 0 Å². The summed E-state index contributed by atoms with van der Waals surface area (Å²) in [4.78, 5) is 11.2. The minimum atomic E-state index is 0.166. The van der Waals surface area contributed by atoms with Gasteiger partial charge in [-0.3, -0.25) is 4.79 Å². The van der Waals surface area contributed by atoms with Gasteiger partial charge in [-0.2, -0.15) is 0 Å². The first-order valence-corrected chi connectivity index (χ1v) is 5.43. The first-order chi connectivity index (χ1) is 6.68. The van der Waals surface area contributed by atoms with Gasteiger partial charge in [0.25, 0.3) is 0 Å². The summed E-state index contributed by atoms with van der Waals surface area (Å²) in [6, 6.07) is 0. The highest BCUT2D eigenvalue weighted by Crippen LogP contribution is 2.01. The lowest BCUT2D eigenvalue weighted by molar-refractivity contribution is -0.122. The predicted molar refractivity (Wildman–Crippen MR) is 58.4 cm³/mol. The molecule has 1 N–H and O–H groups in total. The SMILES string of the molecule is CNCCCOCCCC(=O)C(C)C. The molecule has 0 radical (unpaired) electrons. The van der Waals surface area contributed by atoms with E-state index in [0.717, 1.165) is 26.0 Å². The van der Waals surface area contributed by atoms with Crippen molar-refractivity contribution in [2.75, 3.05) is 26.8 Å². The van der Waals surface area contributed by atoms with Crippen molar-refractivity contribution in [3.63, 3.8) is 0 Å². The summed E-state index contributed by atoms with van der Waals surface area (Å²) in [5.74, 6) is 0.503. The van der Waals surface area contributed by atoms with E-state index in [1.807, 2.05) is 20.9 Å². The van der Waals surface area contributed by atoms with Crippen LogP contribution in [-0.2, 0) is 9.53 Å². The van der Waals surface area contributed by atoms with Crippen LogP contribution in [0.5, 0.6) is 0 Å². The molecule has 0 atom stereocenters. The van der Waals surface area contributed by atoms with Crippen molar-refractivity contribution in [2.24, 2.45) is 5.92 Å². The van der Waals surface area contributed by atoms with Crippen molar-refractivity contribution in [2.45, 2.75) is 33.1 Å². The maximum absolute atomic E-state index is 11.2. The van der Waals surface area contributed by atoms with Gasteiger partial charge < -0.3 is 10.1 Å². The molecule has 0 aromatic rings. The number of carbonyl (C=O) groups excluding carboxylic acids is 1. The van der Waals surface area contributed by atoms with Crippen LogP contribution in [0.2, 0.25) is 0 Å². The number of ketones is 1. The molecule has 0 saturated heterocycles. The molecule has 0 heterocycles. The molecule has 0 saturated carbocycles. The van der Waals surface area contributed by atoms with E-state index >= 15 is 0 Å². The highest BCUT2D eigenvalue weighted by Gasteiger charge is 2.05. The summed E-state index contributed by atoms with van der Waals surface area (Å²) in [6.45, 7) is 6.37. The minimum absolute atomic E-state index is 0.166. The van der Waals surface area contributed by atoms with E-state index in [-0.39, 0.29) is 5.92 Å². The third-order valence-corrected chi connectivity index (χ3v) is 2.07. The highest BCUT2D eigenvalue weighted by atomic mass is 16.5. The normalized spacial score (nSPS) is 10.9. The van der Waals surface area contributed by atoms with E-state index < -0.39 is 0 Å². The summed E-state index contributed by atoms with van der Waals surface area (Å²) in [5.41, 5.74) is 0. The van der Waals surface area contributed by atoms with Crippen molar-refractivity contribution in [1.82, 2.24) is 5.32 Å². The van der Waals surface area contributed by atoms with Gasteiger partial charge in [-0.25, -0.2) is 0 Å². The Bertz CT molecular complexity index is 146. The smallest absolute Gasteiger partial charge is 0.135 e. The zero-order chi connectivity index (χ0) is 10.8. The van der Waals surface area contributed by atoms with Crippen LogP contribution in [0.4, 0.5) is 0 Å². The molecule has 0 aliphatic carbocycles. The van der Waals surface area contributed by atoms with Crippen molar-refractivity contribution in [1.29, 1.82) is 0 Å². The topological polar surface area (TPSA) is 38.3 Å². The third-order valence-electron chi connectivity index (χ3n) is 2.07. The molecule has 0 aromatic carbocycles. The molecule has 0 aromatic heterocycles. The second-order valence-electron chi connectivity index (χ2n) is 3.79. The molecule has 0 aliphatic rings. The van der Waals surface area contributed by atoms with Gasteiger partial charge in [-0.15, -0.1) is 0 Å². The summed E-state index contributed by atoms with van der Waals surface area (Å²) >= 11 is 0. The van der Waals surface area contributed by atoms with E-state index in [1.54, 1.807) is 0 Å². The maximum atomic E-state index is 11.2. The van der Waals surface area contributed by atoms with E-state index in [4.69, 9.17) is 4.74 Å². The quantitative estimate of drug-likeness (QED) is 0.576. The molecular formula is C11H23NO2. The lowest BCUT2D eigenvalue weighted by Crippen LogP contribution is -2.11. The molecule has 0 fully saturated rings. The molecule has 0 aliphatic heterocycles. The number of Topliss-reactive ketones (excluding diaryl/α,β-unsaturated/α-hetero) is 1. The van der Waals surface area contributed by atoms with E-state index in [1.165, 1.54) is 0 Å². The fraction of sp³-hybridized carbons (Fsp3) is 0.909. The molecule has 0 rings (SSSR count). The second-order valence-corrected chi connectivity index (χ2v) is 3.79. The Morgan fingerprint density at radius 1 is 1.29 bits per heavy atom. The van der Waals surface area contributed by atoms with E-state index in [2.05, 4.69) is 5.32 Å². The lowest BCUT2D eigenvalue weighted by Gasteiger charge is -2.05. The maximum Gasteiger partial charge on any atom is 0.135 e. The van der Waals surface area contributed by atoms with Crippen LogP contribution in [0, 0.1) is 5.92 Å².